The summed E-state index contributed by atoms with van der Waals surface area (Å²) in [6, 6.07) is 11.4. The molecule has 0 aliphatic carbocycles. The largest absolute Gasteiger partial charge is 0.493 e. The maximum Gasteiger partial charge on any atom is 0.330 e. The van der Waals surface area contributed by atoms with Crippen molar-refractivity contribution in [3.8, 4) is 11.5 Å². The quantitative estimate of drug-likeness (QED) is 0.331. The molecular formula is C18H17NO6. The van der Waals surface area contributed by atoms with Crippen molar-refractivity contribution in [1.82, 2.24) is 0 Å². The molecule has 0 fully saturated rings. The van der Waals surface area contributed by atoms with Crippen molar-refractivity contribution in [1.29, 1.82) is 0 Å². The zero-order chi connectivity index (χ0) is 18.2. The van der Waals surface area contributed by atoms with Crippen LogP contribution in [0.4, 0.5) is 5.69 Å². The van der Waals surface area contributed by atoms with E-state index in [1.807, 2.05) is 0 Å². The molecule has 0 radical (unpaired) electrons. The summed E-state index contributed by atoms with van der Waals surface area (Å²) in [5.74, 6) is 0.520. The Morgan fingerprint density at radius 1 is 1.16 bits per heavy atom. The van der Waals surface area contributed by atoms with E-state index in [1.54, 1.807) is 36.4 Å². The fourth-order valence-electron chi connectivity index (χ4n) is 2.06. The Balaban J connectivity index is 2.11. The van der Waals surface area contributed by atoms with Gasteiger partial charge in [-0.05, 0) is 29.3 Å². The van der Waals surface area contributed by atoms with E-state index in [0.717, 1.165) is 5.56 Å². The lowest BCUT2D eigenvalue weighted by molar-refractivity contribution is -0.384. The van der Waals surface area contributed by atoms with Crippen LogP contribution in [0.3, 0.4) is 0 Å². The van der Waals surface area contributed by atoms with Gasteiger partial charge in [-0.3, -0.25) is 10.1 Å². The predicted octanol–water partition coefficient (Wildman–Crippen LogP) is 3.37. The van der Waals surface area contributed by atoms with Crippen molar-refractivity contribution in [3.05, 3.63) is 69.8 Å². The highest BCUT2D eigenvalue weighted by Crippen LogP contribution is 2.29. The molecule has 0 atom stereocenters. The first-order valence-electron chi connectivity index (χ1n) is 7.33. The first-order valence-corrected chi connectivity index (χ1v) is 7.33. The summed E-state index contributed by atoms with van der Waals surface area (Å²) in [5.41, 5.74) is 1.42. The van der Waals surface area contributed by atoms with Crippen molar-refractivity contribution in [3.63, 3.8) is 0 Å². The summed E-state index contributed by atoms with van der Waals surface area (Å²) in [4.78, 5) is 21.5. The molecule has 0 spiro atoms. The van der Waals surface area contributed by atoms with Crippen molar-refractivity contribution >= 4 is 17.7 Å². The predicted molar refractivity (Wildman–Crippen MR) is 91.5 cm³/mol. The van der Waals surface area contributed by atoms with Crippen molar-refractivity contribution in [2.45, 2.75) is 6.61 Å². The van der Waals surface area contributed by atoms with Gasteiger partial charge in [-0.1, -0.05) is 18.2 Å². The molecule has 0 aliphatic rings. The van der Waals surface area contributed by atoms with Gasteiger partial charge in [-0.2, -0.15) is 0 Å². The first kappa shape index (κ1) is 18.0. The smallest absolute Gasteiger partial charge is 0.330 e. The molecule has 7 heteroatoms. The van der Waals surface area contributed by atoms with E-state index in [1.165, 1.54) is 32.4 Å². The lowest BCUT2D eigenvalue weighted by atomic mass is 10.2. The molecule has 0 heterocycles. The fraction of sp³-hybridized carbons (Fsp3) is 0.167. The van der Waals surface area contributed by atoms with E-state index in [-0.39, 0.29) is 12.3 Å². The second-order valence-electron chi connectivity index (χ2n) is 4.98. The van der Waals surface area contributed by atoms with Crippen molar-refractivity contribution in [2.24, 2.45) is 0 Å². The highest BCUT2D eigenvalue weighted by molar-refractivity contribution is 5.87. The molecule has 0 aliphatic heterocycles. The summed E-state index contributed by atoms with van der Waals surface area (Å²) in [5, 5.41) is 10.8. The van der Waals surface area contributed by atoms with Crippen LogP contribution in [0.2, 0.25) is 0 Å². The van der Waals surface area contributed by atoms with Crippen LogP contribution < -0.4 is 9.47 Å². The van der Waals surface area contributed by atoms with Crippen LogP contribution in [-0.2, 0) is 16.1 Å². The lowest BCUT2D eigenvalue weighted by Gasteiger charge is -2.11. The van der Waals surface area contributed by atoms with E-state index in [2.05, 4.69) is 4.74 Å². The number of ether oxygens (including phenoxy) is 3. The Hall–Kier alpha value is -3.35. The van der Waals surface area contributed by atoms with Gasteiger partial charge in [0.15, 0.2) is 11.5 Å². The molecule has 0 bridgehead atoms. The first-order chi connectivity index (χ1) is 12.0. The standard InChI is InChI=1S/C18H17NO6/c1-23-17-11-13(7-9-18(20)24-2)6-8-16(17)25-12-14-4-3-5-15(10-14)19(21)22/h3-11H,12H2,1-2H3/b9-7+. The lowest BCUT2D eigenvalue weighted by Crippen LogP contribution is -1.99. The average Bonchev–Trinajstić information content (AvgIpc) is 2.64. The van der Waals surface area contributed by atoms with Gasteiger partial charge in [-0.25, -0.2) is 4.79 Å². The third kappa shape index (κ3) is 5.07. The second kappa shape index (κ2) is 8.49. The number of rotatable bonds is 7. The maximum atomic E-state index is 11.1. The third-order valence-electron chi connectivity index (χ3n) is 3.32. The summed E-state index contributed by atoms with van der Waals surface area (Å²) < 4.78 is 15.5. The van der Waals surface area contributed by atoms with Gasteiger partial charge >= 0.3 is 5.97 Å². The van der Waals surface area contributed by atoms with Crippen LogP contribution in [-0.4, -0.2) is 25.1 Å². The number of methoxy groups -OCH3 is 2. The van der Waals surface area contributed by atoms with Gasteiger partial charge in [0.1, 0.15) is 6.61 Å². The topological polar surface area (TPSA) is 87.9 Å². The highest BCUT2D eigenvalue weighted by atomic mass is 16.6. The molecule has 2 aromatic carbocycles. The summed E-state index contributed by atoms with van der Waals surface area (Å²) >= 11 is 0. The molecular weight excluding hydrogens is 326 g/mol. The molecule has 130 valence electrons. The van der Waals surface area contributed by atoms with Crippen molar-refractivity contribution in [2.75, 3.05) is 14.2 Å². The van der Waals surface area contributed by atoms with Crippen LogP contribution in [0.15, 0.2) is 48.5 Å². The van der Waals surface area contributed by atoms with Gasteiger partial charge in [0, 0.05) is 18.2 Å². The molecule has 0 N–H and O–H groups in total. The minimum atomic E-state index is -0.454. The number of hydrogen-bond acceptors (Lipinski definition) is 6. The minimum Gasteiger partial charge on any atom is -0.493 e. The molecule has 0 aromatic heterocycles. The normalized spacial score (nSPS) is 10.5. The van der Waals surface area contributed by atoms with Crippen LogP contribution in [0.5, 0.6) is 11.5 Å². The summed E-state index contributed by atoms with van der Waals surface area (Å²) in [7, 11) is 2.81. The fourth-order valence-corrected chi connectivity index (χ4v) is 2.06. The zero-order valence-corrected chi connectivity index (χ0v) is 13.8. The third-order valence-corrected chi connectivity index (χ3v) is 3.32. The molecule has 0 amide bonds. The van der Waals surface area contributed by atoms with Crippen LogP contribution in [0.1, 0.15) is 11.1 Å². The Labute approximate surface area is 144 Å². The maximum absolute atomic E-state index is 11.1. The monoisotopic (exact) mass is 343 g/mol. The zero-order valence-electron chi connectivity index (χ0n) is 13.8. The Kier molecular flexibility index (Phi) is 6.11. The number of nitro benzene ring substituents is 1. The van der Waals surface area contributed by atoms with E-state index >= 15 is 0 Å². The number of benzene rings is 2. The van der Waals surface area contributed by atoms with Crippen LogP contribution in [0, 0.1) is 10.1 Å². The van der Waals surface area contributed by atoms with E-state index in [4.69, 9.17) is 9.47 Å². The van der Waals surface area contributed by atoms with E-state index < -0.39 is 10.9 Å². The summed E-state index contributed by atoms with van der Waals surface area (Å²) in [6.07, 6.45) is 2.90. The molecule has 25 heavy (non-hydrogen) atoms. The van der Waals surface area contributed by atoms with E-state index in [0.29, 0.717) is 17.1 Å². The Morgan fingerprint density at radius 2 is 1.96 bits per heavy atom. The SMILES string of the molecule is COC(=O)/C=C/c1ccc(OCc2cccc([N+](=O)[O-])c2)c(OC)c1. The van der Waals surface area contributed by atoms with Crippen LogP contribution in [0.25, 0.3) is 6.08 Å². The number of esters is 1. The minimum absolute atomic E-state index is 0.0105. The van der Waals surface area contributed by atoms with E-state index in [9.17, 15) is 14.9 Å². The van der Waals surface area contributed by atoms with Crippen LogP contribution >= 0.6 is 0 Å². The number of carbonyl (C=O) groups is 1. The molecule has 0 saturated heterocycles. The summed E-state index contributed by atoms with van der Waals surface area (Å²) in [6.45, 7) is 0.162. The highest BCUT2D eigenvalue weighted by Gasteiger charge is 2.08. The number of nitrogens with zero attached hydrogens (tertiary/aromatic N) is 1. The average molecular weight is 343 g/mol. The molecule has 2 rings (SSSR count). The molecule has 0 saturated carbocycles. The Morgan fingerprint density at radius 3 is 2.64 bits per heavy atom. The Bertz CT molecular complexity index is 800. The molecule has 0 unspecified atom stereocenters. The number of hydrogen-bond donors (Lipinski definition) is 0. The van der Waals surface area contributed by atoms with Gasteiger partial charge in [0.2, 0.25) is 0 Å². The van der Waals surface area contributed by atoms with Gasteiger partial charge in [0.05, 0.1) is 19.1 Å². The van der Waals surface area contributed by atoms with Gasteiger partial charge in [0.25, 0.3) is 5.69 Å². The van der Waals surface area contributed by atoms with Gasteiger partial charge < -0.3 is 14.2 Å². The number of carbonyl (C=O) groups excluding carboxylic acids is 1. The number of non-ortho nitro benzene ring substituents is 1. The van der Waals surface area contributed by atoms with Gasteiger partial charge in [-0.15, -0.1) is 0 Å². The molecule has 2 aromatic rings. The number of nitro groups is 1. The second-order valence-corrected chi connectivity index (χ2v) is 4.98. The molecule has 7 nitrogen and oxygen atoms in total. The van der Waals surface area contributed by atoms with Crippen molar-refractivity contribution < 1.29 is 23.9 Å².